The number of nitrogens with zero attached hydrogens (tertiary/aromatic N) is 1. The predicted molar refractivity (Wildman–Crippen MR) is 91.8 cm³/mol. The molecule has 2 aromatic heterocycles. The van der Waals surface area contributed by atoms with Gasteiger partial charge in [0.15, 0.2) is 5.76 Å². The van der Waals surface area contributed by atoms with Crippen LogP contribution in [0, 0.1) is 0 Å². The summed E-state index contributed by atoms with van der Waals surface area (Å²) < 4.78 is 5.09. The molecule has 1 aliphatic heterocycles. The number of likely N-dealkylation sites (tertiary alicyclic amines) is 1. The lowest BCUT2D eigenvalue weighted by Crippen LogP contribution is -2.47. The molecule has 0 bridgehead atoms. The largest absolute Gasteiger partial charge is 0.459 e. The lowest BCUT2D eigenvalue weighted by molar-refractivity contribution is -0.122. The van der Waals surface area contributed by atoms with E-state index in [2.05, 4.69) is 15.5 Å². The van der Waals surface area contributed by atoms with Crippen molar-refractivity contribution < 1.29 is 14.0 Å². The predicted octanol–water partition coefficient (Wildman–Crippen LogP) is 1.85. The van der Waals surface area contributed by atoms with Crippen LogP contribution in [0.2, 0.25) is 0 Å². The van der Waals surface area contributed by atoms with Gasteiger partial charge in [-0.15, -0.1) is 11.3 Å². The standard InChI is InChI=1S/C17H21N3O3S/c21-16(18-11-14-3-2-10-24-14)12-20-7-5-13(6-8-20)19-17(22)15-4-1-9-23-15/h1-4,9-10,13H,5-8,11-12H2,(H,18,21)(H,19,22). The molecule has 24 heavy (non-hydrogen) atoms. The van der Waals surface area contributed by atoms with E-state index in [0.29, 0.717) is 18.8 Å². The van der Waals surface area contributed by atoms with E-state index in [-0.39, 0.29) is 17.9 Å². The van der Waals surface area contributed by atoms with E-state index < -0.39 is 0 Å². The molecular weight excluding hydrogens is 326 g/mol. The smallest absolute Gasteiger partial charge is 0.287 e. The summed E-state index contributed by atoms with van der Waals surface area (Å²) in [6.45, 7) is 2.60. The van der Waals surface area contributed by atoms with Crippen LogP contribution in [-0.4, -0.2) is 42.4 Å². The number of nitrogens with one attached hydrogen (secondary N) is 2. The molecule has 6 nitrogen and oxygen atoms in total. The van der Waals surface area contributed by atoms with Crippen LogP contribution in [0.4, 0.5) is 0 Å². The Kier molecular flexibility index (Phi) is 5.66. The quantitative estimate of drug-likeness (QED) is 0.836. The average molecular weight is 347 g/mol. The highest BCUT2D eigenvalue weighted by Gasteiger charge is 2.23. The van der Waals surface area contributed by atoms with Crippen LogP contribution in [0.15, 0.2) is 40.3 Å². The molecule has 128 valence electrons. The fraction of sp³-hybridized carbons (Fsp3) is 0.412. The number of amides is 2. The maximum Gasteiger partial charge on any atom is 0.287 e. The first kappa shape index (κ1) is 16.7. The zero-order valence-corrected chi connectivity index (χ0v) is 14.2. The van der Waals surface area contributed by atoms with Crippen LogP contribution in [0.25, 0.3) is 0 Å². The average Bonchev–Trinajstić information content (AvgIpc) is 3.28. The molecule has 2 N–H and O–H groups in total. The Bertz CT molecular complexity index is 647. The Morgan fingerprint density at radius 1 is 1.25 bits per heavy atom. The molecule has 3 rings (SSSR count). The van der Waals surface area contributed by atoms with Gasteiger partial charge >= 0.3 is 0 Å². The topological polar surface area (TPSA) is 74.6 Å². The molecule has 0 atom stereocenters. The summed E-state index contributed by atoms with van der Waals surface area (Å²) in [4.78, 5) is 27.2. The zero-order valence-electron chi connectivity index (χ0n) is 13.4. The third-order valence-corrected chi connectivity index (χ3v) is 4.95. The minimum absolute atomic E-state index is 0.0430. The van der Waals surface area contributed by atoms with Crippen LogP contribution in [0.1, 0.15) is 28.3 Å². The summed E-state index contributed by atoms with van der Waals surface area (Å²) >= 11 is 1.64. The van der Waals surface area contributed by atoms with E-state index in [1.54, 1.807) is 23.5 Å². The number of furan rings is 1. The zero-order chi connectivity index (χ0) is 16.8. The lowest BCUT2D eigenvalue weighted by atomic mass is 10.0. The van der Waals surface area contributed by atoms with Crippen molar-refractivity contribution in [1.29, 1.82) is 0 Å². The Balaban J connectivity index is 1.35. The molecule has 0 aromatic carbocycles. The Hall–Kier alpha value is -2.12. The van der Waals surface area contributed by atoms with Crippen molar-refractivity contribution in [2.75, 3.05) is 19.6 Å². The van der Waals surface area contributed by atoms with Crippen LogP contribution in [-0.2, 0) is 11.3 Å². The fourth-order valence-electron chi connectivity index (χ4n) is 2.76. The molecular formula is C17H21N3O3S. The van der Waals surface area contributed by atoms with E-state index in [1.807, 2.05) is 17.5 Å². The van der Waals surface area contributed by atoms with Gasteiger partial charge < -0.3 is 15.1 Å². The molecule has 1 saturated heterocycles. The summed E-state index contributed by atoms with van der Waals surface area (Å²) in [5.74, 6) is 0.207. The third kappa shape index (κ3) is 4.69. The van der Waals surface area contributed by atoms with Gasteiger partial charge in [0.2, 0.25) is 5.91 Å². The van der Waals surface area contributed by atoms with Gasteiger partial charge in [-0.2, -0.15) is 0 Å². The van der Waals surface area contributed by atoms with Crippen LogP contribution >= 0.6 is 11.3 Å². The number of carbonyl (C=O) groups is 2. The first-order valence-electron chi connectivity index (χ1n) is 8.06. The van der Waals surface area contributed by atoms with Gasteiger partial charge in [0.1, 0.15) is 0 Å². The van der Waals surface area contributed by atoms with Gasteiger partial charge in [-0.1, -0.05) is 6.07 Å². The molecule has 0 saturated carbocycles. The highest BCUT2D eigenvalue weighted by atomic mass is 32.1. The molecule has 1 aliphatic rings. The van der Waals surface area contributed by atoms with Crippen molar-refractivity contribution in [1.82, 2.24) is 15.5 Å². The maximum absolute atomic E-state index is 12.0. The fourth-order valence-corrected chi connectivity index (χ4v) is 3.40. The van der Waals surface area contributed by atoms with Gasteiger partial charge in [0.25, 0.3) is 5.91 Å². The maximum atomic E-state index is 12.0. The van der Waals surface area contributed by atoms with E-state index in [0.717, 1.165) is 30.8 Å². The van der Waals surface area contributed by atoms with Crippen LogP contribution in [0.3, 0.4) is 0 Å². The summed E-state index contributed by atoms with van der Waals surface area (Å²) in [7, 11) is 0. The SMILES string of the molecule is O=C(CN1CCC(NC(=O)c2ccco2)CC1)NCc1cccs1. The minimum atomic E-state index is -0.174. The van der Waals surface area contributed by atoms with Crippen molar-refractivity contribution in [3.63, 3.8) is 0 Å². The van der Waals surface area contributed by atoms with Gasteiger partial charge in [-0.25, -0.2) is 0 Å². The number of hydrogen-bond acceptors (Lipinski definition) is 5. The minimum Gasteiger partial charge on any atom is -0.459 e. The van der Waals surface area contributed by atoms with E-state index in [4.69, 9.17) is 4.42 Å². The molecule has 0 spiro atoms. The molecule has 0 unspecified atom stereocenters. The number of thiophene rings is 1. The first-order valence-corrected chi connectivity index (χ1v) is 8.94. The van der Waals surface area contributed by atoms with Crippen molar-refractivity contribution >= 4 is 23.2 Å². The summed E-state index contributed by atoms with van der Waals surface area (Å²) in [5.41, 5.74) is 0. The number of piperidine rings is 1. The van der Waals surface area contributed by atoms with Crippen molar-refractivity contribution in [3.8, 4) is 0 Å². The Labute approximate surface area is 144 Å². The Morgan fingerprint density at radius 3 is 2.75 bits per heavy atom. The lowest BCUT2D eigenvalue weighted by Gasteiger charge is -2.31. The van der Waals surface area contributed by atoms with E-state index in [1.165, 1.54) is 6.26 Å². The number of carbonyl (C=O) groups excluding carboxylic acids is 2. The number of hydrogen-bond donors (Lipinski definition) is 2. The first-order chi connectivity index (χ1) is 11.7. The molecule has 2 aromatic rings. The molecule has 3 heterocycles. The third-order valence-electron chi connectivity index (χ3n) is 4.07. The van der Waals surface area contributed by atoms with Gasteiger partial charge in [0.05, 0.1) is 19.4 Å². The van der Waals surface area contributed by atoms with Gasteiger partial charge in [-0.3, -0.25) is 14.5 Å². The Morgan fingerprint density at radius 2 is 2.08 bits per heavy atom. The molecule has 1 fully saturated rings. The van der Waals surface area contributed by atoms with Crippen molar-refractivity contribution in [2.45, 2.75) is 25.4 Å². The second-order valence-corrected chi connectivity index (χ2v) is 6.89. The van der Waals surface area contributed by atoms with Crippen molar-refractivity contribution in [2.24, 2.45) is 0 Å². The molecule has 7 heteroatoms. The van der Waals surface area contributed by atoms with E-state index >= 15 is 0 Å². The highest BCUT2D eigenvalue weighted by molar-refractivity contribution is 7.09. The normalized spacial score (nSPS) is 16.0. The van der Waals surface area contributed by atoms with Crippen LogP contribution in [0.5, 0.6) is 0 Å². The molecule has 2 amide bonds. The van der Waals surface area contributed by atoms with E-state index in [9.17, 15) is 9.59 Å². The van der Waals surface area contributed by atoms with Gasteiger partial charge in [0, 0.05) is 24.0 Å². The highest BCUT2D eigenvalue weighted by Crippen LogP contribution is 2.12. The van der Waals surface area contributed by atoms with Crippen molar-refractivity contribution in [3.05, 3.63) is 46.5 Å². The summed E-state index contributed by atoms with van der Waals surface area (Å²) in [6, 6.07) is 7.48. The number of rotatable bonds is 6. The monoisotopic (exact) mass is 347 g/mol. The van der Waals surface area contributed by atoms with Gasteiger partial charge in [-0.05, 0) is 36.4 Å². The van der Waals surface area contributed by atoms with Crippen LogP contribution < -0.4 is 10.6 Å². The summed E-state index contributed by atoms with van der Waals surface area (Å²) in [5, 5.41) is 7.93. The second-order valence-electron chi connectivity index (χ2n) is 5.86. The second kappa shape index (κ2) is 8.12. The molecule has 0 radical (unpaired) electrons. The summed E-state index contributed by atoms with van der Waals surface area (Å²) in [6.07, 6.45) is 3.17. The molecule has 0 aliphatic carbocycles.